The molecule has 0 fully saturated rings. The number of carbonyl (C=O) groups excluding carboxylic acids is 1. The molecule has 6 heteroatoms. The van der Waals surface area contributed by atoms with Gasteiger partial charge in [-0.2, -0.15) is 0 Å². The predicted octanol–water partition coefficient (Wildman–Crippen LogP) is 4.14. The molecule has 24 heavy (non-hydrogen) atoms. The van der Waals surface area contributed by atoms with Crippen molar-refractivity contribution in [2.45, 2.75) is 20.4 Å². The minimum Gasteiger partial charge on any atom is -0.333 e. The molecule has 5 nitrogen and oxygen atoms in total. The molecule has 122 valence electrons. The van der Waals surface area contributed by atoms with Crippen LogP contribution in [0.5, 0.6) is 0 Å². The fourth-order valence-corrected chi connectivity index (χ4v) is 3.24. The quantitative estimate of drug-likeness (QED) is 0.751. The molecule has 0 saturated heterocycles. The van der Waals surface area contributed by atoms with E-state index in [1.54, 1.807) is 23.7 Å². The molecule has 0 radical (unpaired) electrons. The monoisotopic (exact) mass is 338 g/mol. The highest BCUT2D eigenvalue weighted by Crippen LogP contribution is 2.27. The third kappa shape index (κ3) is 3.78. The summed E-state index contributed by atoms with van der Waals surface area (Å²) in [5.41, 5.74) is 3.75. The first kappa shape index (κ1) is 16.1. The minimum atomic E-state index is -0.222. The molecule has 0 saturated carbocycles. The summed E-state index contributed by atoms with van der Waals surface area (Å²) >= 11 is 1.57. The lowest BCUT2D eigenvalue weighted by atomic mass is 10.2. The molecule has 0 atom stereocenters. The highest BCUT2D eigenvalue weighted by molar-refractivity contribution is 7.15. The lowest BCUT2D eigenvalue weighted by Gasteiger charge is -2.09. The van der Waals surface area contributed by atoms with Gasteiger partial charge in [-0.25, -0.2) is 9.78 Å². The number of urea groups is 1. The number of para-hydroxylation sites is 1. The third-order valence-electron chi connectivity index (χ3n) is 3.60. The van der Waals surface area contributed by atoms with Crippen molar-refractivity contribution in [3.63, 3.8) is 0 Å². The van der Waals surface area contributed by atoms with Crippen molar-refractivity contribution >= 4 is 23.1 Å². The number of rotatable bonds is 4. The fraction of sp³-hybridized carbons (Fsp3) is 0.167. The van der Waals surface area contributed by atoms with Crippen molar-refractivity contribution in [1.82, 2.24) is 15.3 Å². The second-order valence-electron chi connectivity index (χ2n) is 5.39. The molecule has 2 N–H and O–H groups in total. The summed E-state index contributed by atoms with van der Waals surface area (Å²) in [4.78, 5) is 21.8. The molecular weight excluding hydrogens is 320 g/mol. The normalized spacial score (nSPS) is 10.4. The van der Waals surface area contributed by atoms with E-state index >= 15 is 0 Å². The average Bonchev–Trinajstić information content (AvgIpc) is 2.97. The lowest BCUT2D eigenvalue weighted by molar-refractivity contribution is 0.252. The van der Waals surface area contributed by atoms with Gasteiger partial charge in [-0.05, 0) is 37.6 Å². The van der Waals surface area contributed by atoms with Gasteiger partial charge in [0, 0.05) is 28.5 Å². The molecule has 0 spiro atoms. The maximum absolute atomic E-state index is 12.1. The first-order valence-electron chi connectivity index (χ1n) is 7.60. The Morgan fingerprint density at radius 1 is 1.17 bits per heavy atom. The van der Waals surface area contributed by atoms with E-state index in [4.69, 9.17) is 0 Å². The summed E-state index contributed by atoms with van der Waals surface area (Å²) in [5.74, 6) is 0. The third-order valence-corrected chi connectivity index (χ3v) is 4.81. The van der Waals surface area contributed by atoms with Crippen LogP contribution in [0.1, 0.15) is 16.1 Å². The van der Waals surface area contributed by atoms with E-state index in [2.05, 4.69) is 20.6 Å². The van der Waals surface area contributed by atoms with E-state index in [0.29, 0.717) is 6.54 Å². The number of carbonyl (C=O) groups is 1. The van der Waals surface area contributed by atoms with Crippen molar-refractivity contribution in [2.24, 2.45) is 0 Å². The summed E-state index contributed by atoms with van der Waals surface area (Å²) in [6.45, 7) is 4.36. The van der Waals surface area contributed by atoms with Crippen molar-refractivity contribution in [1.29, 1.82) is 0 Å². The molecule has 3 rings (SSSR count). The van der Waals surface area contributed by atoms with Crippen LogP contribution in [0, 0.1) is 13.8 Å². The molecule has 2 amide bonds. The van der Waals surface area contributed by atoms with Crippen LogP contribution < -0.4 is 10.6 Å². The van der Waals surface area contributed by atoms with Crippen LogP contribution in [0.4, 0.5) is 10.5 Å². The zero-order valence-electron chi connectivity index (χ0n) is 13.5. The number of aryl methyl sites for hydroxylation is 2. The van der Waals surface area contributed by atoms with Gasteiger partial charge in [-0.3, -0.25) is 4.98 Å². The van der Waals surface area contributed by atoms with E-state index in [1.165, 1.54) is 0 Å². The largest absolute Gasteiger partial charge is 0.333 e. The second-order valence-corrected chi connectivity index (χ2v) is 6.48. The number of amides is 2. The molecule has 2 heterocycles. The lowest BCUT2D eigenvalue weighted by Crippen LogP contribution is -2.28. The Kier molecular flexibility index (Phi) is 4.86. The molecule has 0 aliphatic carbocycles. The molecule has 2 aromatic heterocycles. The Balaban J connectivity index is 1.64. The first-order chi connectivity index (χ1) is 11.6. The van der Waals surface area contributed by atoms with Crippen LogP contribution in [0.3, 0.4) is 0 Å². The highest BCUT2D eigenvalue weighted by atomic mass is 32.1. The zero-order valence-corrected chi connectivity index (χ0v) is 14.4. The minimum absolute atomic E-state index is 0.222. The van der Waals surface area contributed by atoms with Crippen LogP contribution in [-0.4, -0.2) is 16.0 Å². The van der Waals surface area contributed by atoms with Crippen LogP contribution in [0.25, 0.3) is 10.6 Å². The van der Waals surface area contributed by atoms with E-state index < -0.39 is 0 Å². The molecule has 0 aliphatic heterocycles. The van der Waals surface area contributed by atoms with Crippen LogP contribution in [-0.2, 0) is 6.54 Å². The topological polar surface area (TPSA) is 66.9 Å². The number of nitrogens with one attached hydrogen (secondary N) is 2. The maximum Gasteiger partial charge on any atom is 0.319 e. The van der Waals surface area contributed by atoms with Gasteiger partial charge in [0.25, 0.3) is 0 Å². The molecule has 0 unspecified atom stereocenters. The summed E-state index contributed by atoms with van der Waals surface area (Å²) < 4.78 is 0. The van der Waals surface area contributed by atoms with E-state index in [9.17, 15) is 4.79 Å². The summed E-state index contributed by atoms with van der Waals surface area (Å²) in [5, 5.41) is 6.66. The first-order valence-corrected chi connectivity index (χ1v) is 8.42. The van der Waals surface area contributed by atoms with Gasteiger partial charge in [0.15, 0.2) is 0 Å². The number of pyridine rings is 1. The van der Waals surface area contributed by atoms with Gasteiger partial charge in [0.2, 0.25) is 0 Å². The smallest absolute Gasteiger partial charge is 0.319 e. The van der Waals surface area contributed by atoms with Gasteiger partial charge < -0.3 is 10.6 Å². The number of thiazole rings is 1. The van der Waals surface area contributed by atoms with Crippen molar-refractivity contribution in [2.75, 3.05) is 5.32 Å². The highest BCUT2D eigenvalue weighted by Gasteiger charge is 2.11. The molecule has 0 aliphatic rings. The average molecular weight is 338 g/mol. The van der Waals surface area contributed by atoms with E-state index in [1.807, 2.05) is 50.2 Å². The Labute approximate surface area is 144 Å². The summed E-state index contributed by atoms with van der Waals surface area (Å²) in [7, 11) is 0. The summed E-state index contributed by atoms with van der Waals surface area (Å²) in [6, 6.07) is 11.3. The van der Waals surface area contributed by atoms with Crippen LogP contribution in [0.2, 0.25) is 0 Å². The number of nitrogens with zero attached hydrogens (tertiary/aromatic N) is 2. The molecule has 3 aromatic rings. The predicted molar refractivity (Wildman–Crippen MR) is 97.1 cm³/mol. The molecule has 1 aromatic carbocycles. The number of hydrogen-bond acceptors (Lipinski definition) is 4. The van der Waals surface area contributed by atoms with Gasteiger partial charge in [0.1, 0.15) is 5.01 Å². The maximum atomic E-state index is 12.1. The molecule has 0 bridgehead atoms. The Hall–Kier alpha value is -2.73. The van der Waals surface area contributed by atoms with Gasteiger partial charge in [-0.1, -0.05) is 18.2 Å². The number of benzene rings is 1. The van der Waals surface area contributed by atoms with Crippen molar-refractivity contribution in [3.8, 4) is 10.6 Å². The van der Waals surface area contributed by atoms with Crippen LogP contribution >= 0.6 is 11.3 Å². The Morgan fingerprint density at radius 2 is 2.00 bits per heavy atom. The number of aromatic nitrogens is 2. The van der Waals surface area contributed by atoms with Gasteiger partial charge in [0.05, 0.1) is 12.2 Å². The number of anilines is 1. The zero-order chi connectivity index (χ0) is 16.9. The SMILES string of the molecule is Cc1ccccc1NC(=O)NCc1sc(-c2cccnc2)nc1C. The Bertz CT molecular complexity index is 845. The second kappa shape index (κ2) is 7.23. The molecular formula is C18H18N4OS. The van der Waals surface area contributed by atoms with E-state index in [-0.39, 0.29) is 6.03 Å². The van der Waals surface area contributed by atoms with Crippen molar-refractivity contribution in [3.05, 3.63) is 64.9 Å². The van der Waals surface area contributed by atoms with Gasteiger partial charge in [-0.15, -0.1) is 11.3 Å². The Morgan fingerprint density at radius 3 is 2.75 bits per heavy atom. The van der Waals surface area contributed by atoms with Crippen molar-refractivity contribution < 1.29 is 4.79 Å². The standard InChI is InChI=1S/C18H18N4OS/c1-12-6-3-4-8-15(12)22-18(23)20-11-16-13(2)21-17(24-16)14-7-5-9-19-10-14/h3-10H,11H2,1-2H3,(H2,20,22,23). The fourth-order valence-electron chi connectivity index (χ4n) is 2.24. The summed E-state index contributed by atoms with van der Waals surface area (Å²) in [6.07, 6.45) is 3.53. The number of hydrogen-bond donors (Lipinski definition) is 2. The van der Waals surface area contributed by atoms with Gasteiger partial charge >= 0.3 is 6.03 Å². The van der Waals surface area contributed by atoms with Crippen LogP contribution in [0.15, 0.2) is 48.8 Å². The van der Waals surface area contributed by atoms with E-state index in [0.717, 1.165) is 32.4 Å².